The Bertz CT molecular complexity index is 972. The molecule has 3 rings (SSSR count). The molecular weight excluding hydrogens is 390 g/mol. The fraction of sp³-hybridized carbons (Fsp3) is 0.286. The number of nitrogens with zero attached hydrogens (tertiary/aromatic N) is 3. The SMILES string of the molecule is COCCN(C(=O)c1ccc(C)cc1)c1nnc(-c2ccc(OC)c(OC)c2)s1. The van der Waals surface area contributed by atoms with Crippen LogP contribution < -0.4 is 14.4 Å². The van der Waals surface area contributed by atoms with Crippen molar-refractivity contribution in [2.75, 3.05) is 39.4 Å². The molecule has 1 heterocycles. The first-order valence-electron chi connectivity index (χ1n) is 9.00. The van der Waals surface area contributed by atoms with E-state index in [-0.39, 0.29) is 5.91 Å². The van der Waals surface area contributed by atoms with Gasteiger partial charge in [0.1, 0.15) is 5.01 Å². The van der Waals surface area contributed by atoms with Crippen molar-refractivity contribution in [3.63, 3.8) is 0 Å². The maximum absolute atomic E-state index is 13.1. The second-order valence-corrected chi connectivity index (χ2v) is 7.23. The van der Waals surface area contributed by atoms with E-state index in [0.717, 1.165) is 11.1 Å². The van der Waals surface area contributed by atoms with Crippen LogP contribution in [0.15, 0.2) is 42.5 Å². The summed E-state index contributed by atoms with van der Waals surface area (Å²) >= 11 is 1.33. The lowest BCUT2D eigenvalue weighted by molar-refractivity contribution is 0.0975. The van der Waals surface area contributed by atoms with Gasteiger partial charge in [-0.05, 0) is 37.3 Å². The first kappa shape index (κ1) is 20.8. The van der Waals surface area contributed by atoms with E-state index in [1.165, 1.54) is 11.3 Å². The molecule has 152 valence electrons. The van der Waals surface area contributed by atoms with Crippen LogP contribution in [-0.2, 0) is 4.74 Å². The van der Waals surface area contributed by atoms with E-state index in [2.05, 4.69) is 10.2 Å². The van der Waals surface area contributed by atoms with E-state index >= 15 is 0 Å². The number of carbonyl (C=O) groups excluding carboxylic acids is 1. The summed E-state index contributed by atoms with van der Waals surface area (Å²) in [5, 5.41) is 9.72. The van der Waals surface area contributed by atoms with E-state index in [9.17, 15) is 4.79 Å². The first-order valence-corrected chi connectivity index (χ1v) is 9.82. The van der Waals surface area contributed by atoms with Crippen LogP contribution in [0.25, 0.3) is 10.6 Å². The molecule has 0 spiro atoms. The van der Waals surface area contributed by atoms with E-state index < -0.39 is 0 Å². The highest BCUT2D eigenvalue weighted by atomic mass is 32.1. The average molecular weight is 413 g/mol. The molecule has 0 N–H and O–H groups in total. The number of benzene rings is 2. The Morgan fingerprint density at radius 1 is 1.00 bits per heavy atom. The number of amides is 1. The molecule has 3 aromatic rings. The summed E-state index contributed by atoms with van der Waals surface area (Å²) in [5.41, 5.74) is 2.52. The molecule has 0 unspecified atom stereocenters. The predicted octanol–water partition coefficient (Wildman–Crippen LogP) is 3.82. The van der Waals surface area contributed by atoms with Gasteiger partial charge in [-0.3, -0.25) is 9.69 Å². The summed E-state index contributed by atoms with van der Waals surface area (Å²) in [6.07, 6.45) is 0. The second-order valence-electron chi connectivity index (χ2n) is 6.28. The highest BCUT2D eigenvalue weighted by molar-refractivity contribution is 7.18. The Kier molecular flexibility index (Phi) is 6.79. The summed E-state index contributed by atoms with van der Waals surface area (Å²) in [7, 11) is 4.77. The van der Waals surface area contributed by atoms with Crippen LogP contribution in [0, 0.1) is 6.92 Å². The summed E-state index contributed by atoms with van der Waals surface area (Å²) in [6.45, 7) is 2.75. The Labute approximate surface area is 173 Å². The number of hydrogen-bond acceptors (Lipinski definition) is 7. The largest absolute Gasteiger partial charge is 0.493 e. The van der Waals surface area contributed by atoms with Gasteiger partial charge in [0.2, 0.25) is 5.13 Å². The summed E-state index contributed by atoms with van der Waals surface area (Å²) in [4.78, 5) is 14.7. The fourth-order valence-corrected chi connectivity index (χ4v) is 3.59. The third-order valence-corrected chi connectivity index (χ3v) is 5.33. The first-order chi connectivity index (χ1) is 14.1. The van der Waals surface area contributed by atoms with Crippen LogP contribution >= 0.6 is 11.3 Å². The van der Waals surface area contributed by atoms with E-state index in [1.54, 1.807) is 26.2 Å². The van der Waals surface area contributed by atoms with Gasteiger partial charge in [-0.15, -0.1) is 10.2 Å². The number of rotatable bonds is 8. The van der Waals surface area contributed by atoms with Crippen molar-refractivity contribution < 1.29 is 19.0 Å². The van der Waals surface area contributed by atoms with Crippen molar-refractivity contribution in [3.05, 3.63) is 53.6 Å². The van der Waals surface area contributed by atoms with Gasteiger partial charge in [-0.1, -0.05) is 29.0 Å². The normalized spacial score (nSPS) is 10.6. The van der Waals surface area contributed by atoms with Crippen molar-refractivity contribution in [2.45, 2.75) is 6.92 Å². The molecule has 29 heavy (non-hydrogen) atoms. The predicted molar refractivity (Wildman–Crippen MR) is 113 cm³/mol. The minimum atomic E-state index is -0.142. The topological polar surface area (TPSA) is 73.8 Å². The quantitative estimate of drug-likeness (QED) is 0.559. The zero-order valence-corrected chi connectivity index (χ0v) is 17.7. The Balaban J connectivity index is 1.91. The number of anilines is 1. The Hall–Kier alpha value is -2.97. The molecule has 0 atom stereocenters. The van der Waals surface area contributed by atoms with Crippen LogP contribution in [-0.4, -0.2) is 50.6 Å². The third-order valence-electron chi connectivity index (χ3n) is 4.34. The van der Waals surface area contributed by atoms with E-state index in [0.29, 0.717) is 40.4 Å². The van der Waals surface area contributed by atoms with Gasteiger partial charge in [-0.2, -0.15) is 0 Å². The maximum Gasteiger partial charge on any atom is 0.260 e. The van der Waals surface area contributed by atoms with Gasteiger partial charge >= 0.3 is 0 Å². The molecule has 2 aromatic carbocycles. The van der Waals surface area contributed by atoms with Gasteiger partial charge in [0.05, 0.1) is 27.4 Å². The Morgan fingerprint density at radius 3 is 2.38 bits per heavy atom. The average Bonchev–Trinajstić information content (AvgIpc) is 3.23. The van der Waals surface area contributed by atoms with Crippen LogP contribution in [0.2, 0.25) is 0 Å². The smallest absolute Gasteiger partial charge is 0.260 e. The summed E-state index contributed by atoms with van der Waals surface area (Å²) in [5.74, 6) is 1.10. The molecule has 0 saturated carbocycles. The number of carbonyl (C=O) groups is 1. The molecule has 0 saturated heterocycles. The van der Waals surface area contributed by atoms with Crippen LogP contribution in [0.1, 0.15) is 15.9 Å². The molecule has 0 aliphatic rings. The maximum atomic E-state index is 13.1. The highest BCUT2D eigenvalue weighted by Gasteiger charge is 2.22. The number of aryl methyl sites for hydroxylation is 1. The molecule has 0 aliphatic heterocycles. The lowest BCUT2D eigenvalue weighted by Crippen LogP contribution is -2.33. The van der Waals surface area contributed by atoms with Gasteiger partial charge in [0.15, 0.2) is 11.5 Å². The third kappa shape index (κ3) is 4.72. The van der Waals surface area contributed by atoms with Gasteiger partial charge in [0.25, 0.3) is 5.91 Å². The van der Waals surface area contributed by atoms with Crippen molar-refractivity contribution >= 4 is 22.4 Å². The van der Waals surface area contributed by atoms with Crippen LogP contribution in [0.4, 0.5) is 5.13 Å². The molecule has 1 amide bonds. The molecule has 0 bridgehead atoms. The van der Waals surface area contributed by atoms with Gasteiger partial charge in [0, 0.05) is 18.2 Å². The lowest BCUT2D eigenvalue weighted by atomic mass is 10.1. The molecule has 0 radical (unpaired) electrons. The lowest BCUT2D eigenvalue weighted by Gasteiger charge is -2.19. The number of aromatic nitrogens is 2. The van der Waals surface area contributed by atoms with Crippen molar-refractivity contribution in [1.29, 1.82) is 0 Å². The molecule has 0 fully saturated rings. The monoisotopic (exact) mass is 413 g/mol. The minimum absolute atomic E-state index is 0.142. The molecular formula is C21H23N3O4S. The van der Waals surface area contributed by atoms with Crippen LogP contribution in [0.3, 0.4) is 0 Å². The molecule has 0 aliphatic carbocycles. The van der Waals surface area contributed by atoms with Gasteiger partial charge in [-0.25, -0.2) is 0 Å². The van der Waals surface area contributed by atoms with Gasteiger partial charge < -0.3 is 14.2 Å². The number of hydrogen-bond donors (Lipinski definition) is 0. The summed E-state index contributed by atoms with van der Waals surface area (Å²) in [6, 6.07) is 13.0. The van der Waals surface area contributed by atoms with Crippen molar-refractivity contribution in [3.8, 4) is 22.1 Å². The number of methoxy groups -OCH3 is 3. The zero-order valence-electron chi connectivity index (χ0n) is 16.8. The minimum Gasteiger partial charge on any atom is -0.493 e. The van der Waals surface area contributed by atoms with Crippen molar-refractivity contribution in [1.82, 2.24) is 10.2 Å². The van der Waals surface area contributed by atoms with Crippen LogP contribution in [0.5, 0.6) is 11.5 Å². The molecule has 7 nitrogen and oxygen atoms in total. The highest BCUT2D eigenvalue weighted by Crippen LogP contribution is 2.35. The van der Waals surface area contributed by atoms with E-state index in [1.807, 2.05) is 49.4 Å². The Morgan fingerprint density at radius 2 is 1.72 bits per heavy atom. The van der Waals surface area contributed by atoms with E-state index in [4.69, 9.17) is 14.2 Å². The molecule has 8 heteroatoms. The summed E-state index contributed by atoms with van der Waals surface area (Å²) < 4.78 is 15.8. The fourth-order valence-electron chi connectivity index (χ4n) is 2.73. The molecule has 1 aromatic heterocycles. The zero-order chi connectivity index (χ0) is 20.8. The standard InChI is InChI=1S/C21H23N3O4S/c1-14-5-7-15(8-6-14)20(25)24(11-12-26-2)21-23-22-19(29-21)16-9-10-17(27-3)18(13-16)28-4/h5-10,13H,11-12H2,1-4H3. The number of ether oxygens (including phenoxy) is 3. The second kappa shape index (κ2) is 9.49. The van der Waals surface area contributed by atoms with Crippen molar-refractivity contribution in [2.24, 2.45) is 0 Å².